The summed E-state index contributed by atoms with van der Waals surface area (Å²) in [6.45, 7) is 6.21. The van der Waals surface area contributed by atoms with Crippen molar-refractivity contribution in [1.82, 2.24) is 24.9 Å². The molecule has 0 saturated heterocycles. The molecule has 0 radical (unpaired) electrons. The van der Waals surface area contributed by atoms with Crippen LogP contribution in [-0.4, -0.2) is 24.9 Å². The molecule has 6 aromatic carbocycles. The van der Waals surface area contributed by atoms with E-state index in [0.29, 0.717) is 5.82 Å². The summed E-state index contributed by atoms with van der Waals surface area (Å²) in [7, 11) is 0. The van der Waals surface area contributed by atoms with Crippen molar-refractivity contribution in [3.63, 3.8) is 0 Å². The molecular formula is C52H39N5. The highest BCUT2D eigenvalue weighted by Gasteiger charge is 2.21. The van der Waals surface area contributed by atoms with Gasteiger partial charge in [0.2, 0.25) is 0 Å². The monoisotopic (exact) mass is 733 g/mol. The Bertz CT molecular complexity index is 2790. The SMILES string of the molecule is Cc1ccc(-c2ccc(-c3nc(-c4ccccc4)c(-c4ccccc4C)nc3-c3cccc(-c4cc(-c5ccccc5)nc(-c5ccccc5)n4)c3)cc2)c(C)n1. The largest absolute Gasteiger partial charge is 0.258 e. The Morgan fingerprint density at radius 3 is 1.49 bits per heavy atom. The van der Waals surface area contributed by atoms with Gasteiger partial charge in [0, 0.05) is 55.9 Å². The first kappa shape index (κ1) is 35.3. The molecule has 5 heteroatoms. The molecule has 3 aromatic heterocycles. The topological polar surface area (TPSA) is 64.5 Å². The minimum absolute atomic E-state index is 0.672. The first-order chi connectivity index (χ1) is 28.0. The van der Waals surface area contributed by atoms with Crippen LogP contribution in [-0.2, 0) is 0 Å². The molecule has 0 amide bonds. The zero-order valence-electron chi connectivity index (χ0n) is 32.1. The summed E-state index contributed by atoms with van der Waals surface area (Å²) < 4.78 is 0. The van der Waals surface area contributed by atoms with E-state index < -0.39 is 0 Å². The van der Waals surface area contributed by atoms with Crippen LogP contribution in [0.3, 0.4) is 0 Å². The van der Waals surface area contributed by atoms with E-state index in [-0.39, 0.29) is 0 Å². The molecule has 0 spiro atoms. The van der Waals surface area contributed by atoms with Gasteiger partial charge < -0.3 is 0 Å². The number of aryl methyl sites for hydroxylation is 3. The Balaban J connectivity index is 1.25. The Kier molecular flexibility index (Phi) is 9.55. The highest BCUT2D eigenvalue weighted by atomic mass is 14.9. The smallest absolute Gasteiger partial charge is 0.160 e. The van der Waals surface area contributed by atoms with Crippen molar-refractivity contribution in [1.29, 1.82) is 0 Å². The van der Waals surface area contributed by atoms with E-state index >= 15 is 0 Å². The number of pyridine rings is 1. The van der Waals surface area contributed by atoms with E-state index in [1.54, 1.807) is 0 Å². The zero-order chi connectivity index (χ0) is 38.7. The fraction of sp³-hybridized carbons (Fsp3) is 0.0577. The molecule has 5 nitrogen and oxygen atoms in total. The van der Waals surface area contributed by atoms with Gasteiger partial charge in [-0.2, -0.15) is 0 Å². The molecule has 0 unspecified atom stereocenters. The number of rotatable bonds is 8. The number of benzene rings is 6. The van der Waals surface area contributed by atoms with Gasteiger partial charge in [0.05, 0.1) is 34.2 Å². The van der Waals surface area contributed by atoms with Gasteiger partial charge in [-0.15, -0.1) is 0 Å². The zero-order valence-corrected chi connectivity index (χ0v) is 32.1. The summed E-state index contributed by atoms with van der Waals surface area (Å²) in [4.78, 5) is 26.0. The number of nitrogens with zero attached hydrogens (tertiary/aromatic N) is 5. The van der Waals surface area contributed by atoms with E-state index in [0.717, 1.165) is 101 Å². The maximum absolute atomic E-state index is 5.59. The van der Waals surface area contributed by atoms with Crippen molar-refractivity contribution in [3.8, 4) is 90.1 Å². The first-order valence-electron chi connectivity index (χ1n) is 19.2. The van der Waals surface area contributed by atoms with Crippen molar-refractivity contribution >= 4 is 0 Å². The van der Waals surface area contributed by atoms with Crippen molar-refractivity contribution in [2.24, 2.45) is 0 Å². The molecule has 0 fully saturated rings. The van der Waals surface area contributed by atoms with Crippen LogP contribution in [0.15, 0.2) is 182 Å². The maximum atomic E-state index is 5.59. The minimum Gasteiger partial charge on any atom is -0.258 e. The lowest BCUT2D eigenvalue weighted by Crippen LogP contribution is -2.02. The molecule has 0 aliphatic heterocycles. The van der Waals surface area contributed by atoms with Crippen LogP contribution in [0.1, 0.15) is 17.0 Å². The van der Waals surface area contributed by atoms with Gasteiger partial charge in [0.1, 0.15) is 0 Å². The summed E-state index contributed by atoms with van der Waals surface area (Å²) in [5, 5.41) is 0. The summed E-state index contributed by atoms with van der Waals surface area (Å²) in [5.41, 5.74) is 17.2. The van der Waals surface area contributed by atoms with Crippen molar-refractivity contribution in [3.05, 3.63) is 199 Å². The predicted molar refractivity (Wildman–Crippen MR) is 233 cm³/mol. The lowest BCUT2D eigenvalue weighted by molar-refractivity contribution is 1.13. The standard InChI is InChI=1S/C52H39N5/c1-34-16-13-14-25-44(34)51-49(39-19-9-5-10-20-39)56-48(40-29-27-37(28-30-40)45-31-26-35(2)53-36(45)3)50(57-51)43-24-15-23-42(32-43)47-33-46(38-17-7-4-8-18-38)54-52(55-47)41-21-11-6-12-22-41/h4-33H,1-3H3. The van der Waals surface area contributed by atoms with E-state index in [1.165, 1.54) is 0 Å². The van der Waals surface area contributed by atoms with Gasteiger partial charge in [-0.1, -0.05) is 164 Å². The van der Waals surface area contributed by atoms with Gasteiger partial charge in [0.25, 0.3) is 0 Å². The van der Waals surface area contributed by atoms with Crippen LogP contribution in [0.2, 0.25) is 0 Å². The molecule has 9 aromatic rings. The van der Waals surface area contributed by atoms with Crippen LogP contribution in [0.4, 0.5) is 0 Å². The Hall–Kier alpha value is -7.37. The molecule has 0 N–H and O–H groups in total. The molecule has 0 atom stereocenters. The molecule has 9 rings (SSSR count). The van der Waals surface area contributed by atoms with Gasteiger partial charge >= 0.3 is 0 Å². The fourth-order valence-electron chi connectivity index (χ4n) is 7.36. The van der Waals surface area contributed by atoms with Crippen LogP contribution in [0.25, 0.3) is 90.1 Å². The minimum atomic E-state index is 0.672. The Morgan fingerprint density at radius 1 is 0.298 bits per heavy atom. The Labute approximate surface area is 333 Å². The second-order valence-corrected chi connectivity index (χ2v) is 14.2. The molecule has 0 aliphatic carbocycles. The van der Waals surface area contributed by atoms with E-state index in [9.17, 15) is 0 Å². The Morgan fingerprint density at radius 2 is 0.807 bits per heavy atom. The van der Waals surface area contributed by atoms with Crippen LogP contribution >= 0.6 is 0 Å². The third kappa shape index (κ3) is 7.27. The van der Waals surface area contributed by atoms with E-state index in [1.807, 2.05) is 49.4 Å². The molecule has 3 heterocycles. The highest BCUT2D eigenvalue weighted by Crippen LogP contribution is 2.40. The van der Waals surface area contributed by atoms with Crippen molar-refractivity contribution in [2.45, 2.75) is 20.8 Å². The van der Waals surface area contributed by atoms with Gasteiger partial charge in [-0.25, -0.2) is 19.9 Å². The number of hydrogen-bond acceptors (Lipinski definition) is 5. The summed E-state index contributed by atoms with van der Waals surface area (Å²) in [5.74, 6) is 0.672. The lowest BCUT2D eigenvalue weighted by atomic mass is 9.95. The number of hydrogen-bond donors (Lipinski definition) is 0. The maximum Gasteiger partial charge on any atom is 0.160 e. The molecule has 57 heavy (non-hydrogen) atoms. The van der Waals surface area contributed by atoms with Crippen molar-refractivity contribution in [2.75, 3.05) is 0 Å². The molecule has 0 saturated carbocycles. The number of aromatic nitrogens is 5. The normalized spacial score (nSPS) is 11.1. The van der Waals surface area contributed by atoms with Gasteiger partial charge in [-0.05, 0) is 50.1 Å². The second-order valence-electron chi connectivity index (χ2n) is 14.2. The third-order valence-corrected chi connectivity index (χ3v) is 10.3. The third-order valence-electron chi connectivity index (χ3n) is 10.3. The van der Waals surface area contributed by atoms with Crippen LogP contribution in [0, 0.1) is 20.8 Å². The highest BCUT2D eigenvalue weighted by molar-refractivity contribution is 5.88. The van der Waals surface area contributed by atoms with Crippen LogP contribution < -0.4 is 0 Å². The van der Waals surface area contributed by atoms with Gasteiger partial charge in [-0.3, -0.25) is 4.98 Å². The van der Waals surface area contributed by atoms with Gasteiger partial charge in [0.15, 0.2) is 5.82 Å². The molecule has 0 aliphatic rings. The first-order valence-corrected chi connectivity index (χ1v) is 19.2. The second kappa shape index (κ2) is 15.4. The summed E-state index contributed by atoms with van der Waals surface area (Å²) in [6, 6.07) is 62.6. The molecule has 0 bridgehead atoms. The molecular weight excluding hydrogens is 695 g/mol. The average molecular weight is 734 g/mol. The fourth-order valence-corrected chi connectivity index (χ4v) is 7.36. The summed E-state index contributed by atoms with van der Waals surface area (Å²) in [6.07, 6.45) is 0. The van der Waals surface area contributed by atoms with Crippen LogP contribution in [0.5, 0.6) is 0 Å². The summed E-state index contributed by atoms with van der Waals surface area (Å²) >= 11 is 0. The lowest BCUT2D eigenvalue weighted by Gasteiger charge is -2.18. The van der Waals surface area contributed by atoms with E-state index in [2.05, 4.69) is 153 Å². The predicted octanol–water partition coefficient (Wildman–Crippen LogP) is 12.9. The average Bonchev–Trinajstić information content (AvgIpc) is 3.27. The van der Waals surface area contributed by atoms with Crippen molar-refractivity contribution < 1.29 is 0 Å². The van der Waals surface area contributed by atoms with E-state index in [4.69, 9.17) is 24.9 Å². The quantitative estimate of drug-likeness (QED) is 0.156. The molecule has 272 valence electrons.